The van der Waals surface area contributed by atoms with Gasteiger partial charge in [0.05, 0.1) is 7.11 Å². The molecule has 3 N–H and O–H groups in total. The number of esters is 1. The van der Waals surface area contributed by atoms with Gasteiger partial charge in [-0.2, -0.15) is 0 Å². The summed E-state index contributed by atoms with van der Waals surface area (Å²) in [6, 6.07) is 38.2. The molecule has 4 aromatic carbocycles. The molecule has 0 fully saturated rings. The Bertz CT molecular complexity index is 1440. The van der Waals surface area contributed by atoms with Gasteiger partial charge >= 0.3 is 12.1 Å². The van der Waals surface area contributed by atoms with Crippen LogP contribution in [-0.4, -0.2) is 44.1 Å². The molecule has 1 atom stereocenters. The Morgan fingerprint density at radius 3 is 1.62 bits per heavy atom. The number of methoxy groups -OCH3 is 1. The third kappa shape index (κ3) is 8.79. The number of hydrogen-bond donors (Lipinski definition) is 3. The third-order valence-electron chi connectivity index (χ3n) is 7.32. The molecule has 0 bridgehead atoms. The van der Waals surface area contributed by atoms with Crippen molar-refractivity contribution in [2.24, 2.45) is 5.92 Å². The first-order valence-electron chi connectivity index (χ1n) is 14.7. The maximum Gasteiger partial charge on any atom is 0.407 e. The van der Waals surface area contributed by atoms with Gasteiger partial charge in [0.15, 0.2) is 0 Å². The van der Waals surface area contributed by atoms with E-state index in [1.54, 1.807) is 0 Å². The van der Waals surface area contributed by atoms with Crippen molar-refractivity contribution in [3.8, 4) is 0 Å². The highest BCUT2D eigenvalue weighted by Crippen LogP contribution is 2.37. The first-order valence-corrected chi connectivity index (χ1v) is 14.7. The molecule has 45 heavy (non-hydrogen) atoms. The number of nitrogens with one attached hydrogen (secondary N) is 3. The average molecular weight is 608 g/mol. The molecule has 9 heteroatoms. The quantitative estimate of drug-likeness (QED) is 0.0826. The maximum atomic E-state index is 13.7. The highest BCUT2D eigenvalue weighted by molar-refractivity contribution is 5.98. The van der Waals surface area contributed by atoms with Crippen LogP contribution in [0, 0.1) is 5.92 Å². The Labute approximate surface area is 263 Å². The van der Waals surface area contributed by atoms with Gasteiger partial charge in [-0.3, -0.25) is 14.4 Å². The van der Waals surface area contributed by atoms with E-state index in [0.29, 0.717) is 0 Å². The molecule has 232 valence electrons. The summed E-state index contributed by atoms with van der Waals surface area (Å²) in [5.74, 6) is -2.92. The molecule has 0 aliphatic rings. The zero-order valence-corrected chi connectivity index (χ0v) is 25.1. The van der Waals surface area contributed by atoms with Gasteiger partial charge in [0.1, 0.15) is 18.1 Å². The van der Waals surface area contributed by atoms with Crippen LogP contribution in [0.2, 0.25) is 0 Å². The molecule has 9 nitrogen and oxygen atoms in total. The van der Waals surface area contributed by atoms with Crippen molar-refractivity contribution >= 4 is 23.9 Å². The molecule has 4 rings (SSSR count). The summed E-state index contributed by atoms with van der Waals surface area (Å²) in [6.45, 7) is 0.255. The summed E-state index contributed by atoms with van der Waals surface area (Å²) in [6.07, 6.45) is -0.829. The summed E-state index contributed by atoms with van der Waals surface area (Å²) in [7, 11) is 1.19. The molecule has 0 saturated heterocycles. The lowest BCUT2D eigenvalue weighted by Gasteiger charge is -2.37. The normalized spacial score (nSPS) is 11.5. The van der Waals surface area contributed by atoms with E-state index in [1.165, 1.54) is 7.11 Å². The number of alkyl carbamates (subject to hydrolysis) is 1. The Kier molecular flexibility index (Phi) is 11.8. The largest absolute Gasteiger partial charge is 0.468 e. The van der Waals surface area contributed by atoms with Gasteiger partial charge in [-0.25, -0.2) is 4.79 Å². The van der Waals surface area contributed by atoms with Gasteiger partial charge in [0, 0.05) is 19.5 Å². The van der Waals surface area contributed by atoms with E-state index in [2.05, 4.69) is 16.0 Å². The summed E-state index contributed by atoms with van der Waals surface area (Å²) < 4.78 is 10.0. The first-order chi connectivity index (χ1) is 21.9. The Morgan fingerprint density at radius 2 is 1.13 bits per heavy atom. The first kappa shape index (κ1) is 32.5. The lowest BCUT2D eigenvalue weighted by atomic mass is 9.77. The summed E-state index contributed by atoms with van der Waals surface area (Å²) in [5.41, 5.74) is 2.39. The molecular weight excluding hydrogens is 570 g/mol. The van der Waals surface area contributed by atoms with Crippen LogP contribution in [-0.2, 0) is 36.0 Å². The maximum absolute atomic E-state index is 13.7. The van der Waals surface area contributed by atoms with Crippen LogP contribution >= 0.6 is 0 Å². The van der Waals surface area contributed by atoms with Crippen molar-refractivity contribution in [1.29, 1.82) is 0 Å². The minimum atomic E-state index is -1.22. The second kappa shape index (κ2) is 16.4. The van der Waals surface area contributed by atoms with Crippen molar-refractivity contribution in [1.82, 2.24) is 16.0 Å². The van der Waals surface area contributed by atoms with Crippen LogP contribution in [0.25, 0.3) is 0 Å². The molecule has 0 saturated carbocycles. The van der Waals surface area contributed by atoms with E-state index in [9.17, 15) is 19.2 Å². The number of hydrogen-bond acceptors (Lipinski definition) is 6. The molecule has 3 amide bonds. The predicted molar refractivity (Wildman–Crippen MR) is 170 cm³/mol. The number of amides is 3. The molecule has 0 aliphatic heterocycles. The van der Waals surface area contributed by atoms with Crippen molar-refractivity contribution in [2.45, 2.75) is 25.0 Å². The van der Waals surface area contributed by atoms with Gasteiger partial charge in [-0.1, -0.05) is 121 Å². The molecule has 0 spiro atoms. The number of carbonyl (C=O) groups is 4. The number of carbonyl (C=O) groups excluding carboxylic acids is 4. The van der Waals surface area contributed by atoms with Gasteiger partial charge in [-0.15, -0.1) is 0 Å². The minimum absolute atomic E-state index is 0.0537. The van der Waals surface area contributed by atoms with Crippen molar-refractivity contribution in [3.63, 3.8) is 0 Å². The van der Waals surface area contributed by atoms with Crippen LogP contribution in [0.5, 0.6) is 0 Å². The molecule has 0 aliphatic carbocycles. The predicted octanol–water partition coefficient (Wildman–Crippen LogP) is 4.71. The fourth-order valence-corrected chi connectivity index (χ4v) is 5.07. The van der Waals surface area contributed by atoms with E-state index >= 15 is 0 Å². The van der Waals surface area contributed by atoms with Gasteiger partial charge in [0.2, 0.25) is 11.8 Å². The second-order valence-corrected chi connectivity index (χ2v) is 10.3. The smallest absolute Gasteiger partial charge is 0.407 e. The Hall–Kier alpha value is -5.44. The SMILES string of the molecule is COC(=O)C(CCC(=O)NC(c1ccccc1)(c1ccccc1)c1ccccc1)C(=O)NCCNC(=O)OCc1ccccc1. The number of rotatable bonds is 14. The number of benzene rings is 4. The standard InChI is InChI=1S/C36H37N3O6/c1-44-34(42)31(33(41)37-24-25-38-35(43)45-26-27-14-6-2-7-15-27)22-23-32(40)39-36(28-16-8-3-9-17-28,29-18-10-4-11-19-29)30-20-12-5-13-21-30/h2-21,31H,22-26H2,1H3,(H,37,41)(H,38,43)(H,39,40). The topological polar surface area (TPSA) is 123 Å². The number of ether oxygens (including phenoxy) is 2. The summed E-state index contributed by atoms with van der Waals surface area (Å²) in [5, 5.41) is 8.43. The molecule has 0 aromatic heterocycles. The van der Waals surface area contributed by atoms with Crippen LogP contribution in [0.1, 0.15) is 35.1 Å². The van der Waals surface area contributed by atoms with Crippen LogP contribution in [0.15, 0.2) is 121 Å². The van der Waals surface area contributed by atoms with Gasteiger partial charge < -0.3 is 25.4 Å². The molecular formula is C36H37N3O6. The highest BCUT2D eigenvalue weighted by Gasteiger charge is 2.38. The Balaban J connectivity index is 1.40. The molecule has 0 heterocycles. The monoisotopic (exact) mass is 607 g/mol. The summed E-state index contributed by atoms with van der Waals surface area (Å²) in [4.78, 5) is 51.2. The average Bonchev–Trinajstić information content (AvgIpc) is 3.09. The van der Waals surface area contributed by atoms with E-state index in [4.69, 9.17) is 9.47 Å². The van der Waals surface area contributed by atoms with Crippen LogP contribution in [0.3, 0.4) is 0 Å². The van der Waals surface area contributed by atoms with Crippen LogP contribution < -0.4 is 16.0 Å². The van der Waals surface area contributed by atoms with Crippen molar-refractivity contribution in [3.05, 3.63) is 144 Å². The highest BCUT2D eigenvalue weighted by atomic mass is 16.5. The van der Waals surface area contributed by atoms with E-state index in [0.717, 1.165) is 22.3 Å². The minimum Gasteiger partial charge on any atom is -0.468 e. The lowest BCUT2D eigenvalue weighted by molar-refractivity contribution is -0.150. The van der Waals surface area contributed by atoms with E-state index < -0.39 is 29.4 Å². The van der Waals surface area contributed by atoms with Crippen molar-refractivity contribution < 1.29 is 28.7 Å². The molecule has 1 unspecified atom stereocenters. The van der Waals surface area contributed by atoms with Gasteiger partial charge in [-0.05, 0) is 28.7 Å². The second-order valence-electron chi connectivity index (χ2n) is 10.3. The Morgan fingerprint density at radius 1 is 0.667 bits per heavy atom. The van der Waals surface area contributed by atoms with E-state index in [1.807, 2.05) is 121 Å². The molecule has 4 aromatic rings. The van der Waals surface area contributed by atoms with Crippen molar-refractivity contribution in [2.75, 3.05) is 20.2 Å². The zero-order valence-electron chi connectivity index (χ0n) is 25.1. The molecule has 0 radical (unpaired) electrons. The van der Waals surface area contributed by atoms with Crippen LogP contribution in [0.4, 0.5) is 4.79 Å². The zero-order chi connectivity index (χ0) is 31.9. The van der Waals surface area contributed by atoms with Gasteiger partial charge in [0.25, 0.3) is 0 Å². The summed E-state index contributed by atoms with van der Waals surface area (Å²) >= 11 is 0. The van der Waals surface area contributed by atoms with E-state index in [-0.39, 0.29) is 38.4 Å². The lowest BCUT2D eigenvalue weighted by Crippen LogP contribution is -2.48. The fourth-order valence-electron chi connectivity index (χ4n) is 5.07. The third-order valence-corrected chi connectivity index (χ3v) is 7.32. The fraction of sp³-hybridized carbons (Fsp3) is 0.222.